The number of carbonyl (C=O) groups is 1. The molecule has 2 rings (SSSR count). The Kier molecular flexibility index (Phi) is 4.83. The molecule has 0 spiro atoms. The van der Waals surface area contributed by atoms with Gasteiger partial charge in [-0.05, 0) is 31.8 Å². The average molecular weight is 234 g/mol. The number of halogens is 1. The molecule has 0 aromatic carbocycles. The highest BCUT2D eigenvalue weighted by atomic mass is 35.5. The highest BCUT2D eigenvalue weighted by Crippen LogP contribution is 2.16. The van der Waals surface area contributed by atoms with Gasteiger partial charge in [0, 0.05) is 25.6 Å². The van der Waals surface area contributed by atoms with E-state index in [1.165, 1.54) is 0 Å². The Morgan fingerprint density at radius 2 is 2.27 bits per heavy atom. The normalized spacial score (nSPS) is 30.3. The van der Waals surface area contributed by atoms with Gasteiger partial charge in [0.15, 0.2) is 0 Å². The smallest absolute Gasteiger partial charge is 0.222 e. The van der Waals surface area contributed by atoms with E-state index in [9.17, 15) is 4.79 Å². The third kappa shape index (κ3) is 3.33. The number of carbonyl (C=O) groups excluding carboxylic acids is 1. The summed E-state index contributed by atoms with van der Waals surface area (Å²) in [6.07, 6.45) is 2.82. The molecule has 0 saturated carbocycles. The molecule has 0 aromatic rings. The highest BCUT2D eigenvalue weighted by molar-refractivity contribution is 5.85. The second kappa shape index (κ2) is 5.68. The van der Waals surface area contributed by atoms with Gasteiger partial charge in [-0.1, -0.05) is 0 Å². The van der Waals surface area contributed by atoms with Gasteiger partial charge in [0.1, 0.15) is 0 Å². The molecule has 0 unspecified atom stereocenters. The first-order chi connectivity index (χ1) is 6.75. The van der Waals surface area contributed by atoms with E-state index in [4.69, 9.17) is 5.73 Å². The van der Waals surface area contributed by atoms with Crippen LogP contribution in [0.2, 0.25) is 0 Å². The summed E-state index contributed by atoms with van der Waals surface area (Å²) in [5.74, 6) is 0.853. The van der Waals surface area contributed by atoms with Crippen molar-refractivity contribution in [3.63, 3.8) is 0 Å². The lowest BCUT2D eigenvalue weighted by molar-refractivity contribution is -0.131. The van der Waals surface area contributed by atoms with Gasteiger partial charge in [0.25, 0.3) is 0 Å². The van der Waals surface area contributed by atoms with Crippen molar-refractivity contribution in [3.8, 4) is 0 Å². The first-order valence-electron chi connectivity index (χ1n) is 5.50. The van der Waals surface area contributed by atoms with Crippen LogP contribution in [0.4, 0.5) is 0 Å². The predicted molar refractivity (Wildman–Crippen MR) is 62.0 cm³/mol. The number of nitrogens with one attached hydrogen (secondary N) is 1. The Hall–Kier alpha value is -0.320. The topological polar surface area (TPSA) is 58.4 Å². The van der Waals surface area contributed by atoms with Gasteiger partial charge in [-0.15, -0.1) is 12.4 Å². The predicted octanol–water partition coefficient (Wildman–Crippen LogP) is -0.0326. The van der Waals surface area contributed by atoms with Crippen LogP contribution in [0.1, 0.15) is 19.3 Å². The van der Waals surface area contributed by atoms with E-state index in [1.807, 2.05) is 4.90 Å². The van der Waals surface area contributed by atoms with Crippen molar-refractivity contribution in [2.24, 2.45) is 11.7 Å². The molecule has 15 heavy (non-hydrogen) atoms. The molecule has 0 aromatic heterocycles. The molecule has 88 valence electrons. The maximum absolute atomic E-state index is 11.8. The lowest BCUT2D eigenvalue weighted by atomic mass is 10.0. The standard InChI is InChI=1S/C10H19N3O.ClH/c11-9-2-4-13(7-9)10(14)5-8-1-3-12-6-8;/h8-9,12H,1-7,11H2;1H/t8-,9-;/m0./s1. The van der Waals surface area contributed by atoms with Crippen molar-refractivity contribution >= 4 is 18.3 Å². The molecular weight excluding hydrogens is 214 g/mol. The number of hydrogen-bond donors (Lipinski definition) is 2. The van der Waals surface area contributed by atoms with Gasteiger partial charge in [-0.3, -0.25) is 4.79 Å². The second-order valence-electron chi connectivity index (χ2n) is 4.45. The van der Waals surface area contributed by atoms with E-state index in [1.54, 1.807) is 0 Å². The van der Waals surface area contributed by atoms with Crippen LogP contribution in [-0.2, 0) is 4.79 Å². The molecule has 0 radical (unpaired) electrons. The minimum absolute atomic E-state index is 0. The second-order valence-corrected chi connectivity index (χ2v) is 4.45. The fourth-order valence-electron chi connectivity index (χ4n) is 2.28. The summed E-state index contributed by atoms with van der Waals surface area (Å²) in [6, 6.07) is 0.209. The monoisotopic (exact) mass is 233 g/mol. The van der Waals surface area contributed by atoms with Gasteiger partial charge >= 0.3 is 0 Å². The number of hydrogen-bond acceptors (Lipinski definition) is 3. The van der Waals surface area contributed by atoms with Crippen molar-refractivity contribution in [2.75, 3.05) is 26.2 Å². The largest absolute Gasteiger partial charge is 0.341 e. The van der Waals surface area contributed by atoms with E-state index in [0.717, 1.165) is 39.0 Å². The van der Waals surface area contributed by atoms with Crippen molar-refractivity contribution in [2.45, 2.75) is 25.3 Å². The van der Waals surface area contributed by atoms with Crippen LogP contribution in [0.15, 0.2) is 0 Å². The fraction of sp³-hybridized carbons (Fsp3) is 0.900. The van der Waals surface area contributed by atoms with Gasteiger partial charge in [-0.25, -0.2) is 0 Å². The third-order valence-corrected chi connectivity index (χ3v) is 3.20. The van der Waals surface area contributed by atoms with Gasteiger partial charge in [-0.2, -0.15) is 0 Å². The van der Waals surface area contributed by atoms with Crippen LogP contribution in [0, 0.1) is 5.92 Å². The molecule has 3 N–H and O–H groups in total. The van der Waals surface area contributed by atoms with Gasteiger partial charge in [0.2, 0.25) is 5.91 Å². The molecule has 2 aliphatic rings. The SMILES string of the molecule is Cl.N[C@H]1CCN(C(=O)C[C@@H]2CCNC2)C1. The minimum Gasteiger partial charge on any atom is -0.341 e. The van der Waals surface area contributed by atoms with Crippen molar-refractivity contribution < 1.29 is 4.79 Å². The molecular formula is C10H20ClN3O. The molecule has 4 nitrogen and oxygen atoms in total. The average Bonchev–Trinajstić information content (AvgIpc) is 2.75. The lowest BCUT2D eigenvalue weighted by Crippen LogP contribution is -2.33. The van der Waals surface area contributed by atoms with E-state index < -0.39 is 0 Å². The molecule has 2 atom stereocenters. The number of rotatable bonds is 2. The van der Waals surface area contributed by atoms with Crippen LogP contribution < -0.4 is 11.1 Å². The molecule has 2 saturated heterocycles. The fourth-order valence-corrected chi connectivity index (χ4v) is 2.28. The molecule has 0 aliphatic carbocycles. The van der Waals surface area contributed by atoms with Crippen molar-refractivity contribution in [1.82, 2.24) is 10.2 Å². The summed E-state index contributed by atoms with van der Waals surface area (Å²) in [5.41, 5.74) is 5.76. The van der Waals surface area contributed by atoms with E-state index in [2.05, 4.69) is 5.32 Å². The van der Waals surface area contributed by atoms with Crippen LogP contribution in [0.3, 0.4) is 0 Å². The first kappa shape index (κ1) is 12.7. The van der Waals surface area contributed by atoms with Crippen molar-refractivity contribution in [1.29, 1.82) is 0 Å². The maximum atomic E-state index is 11.8. The molecule has 5 heteroatoms. The summed E-state index contributed by atoms with van der Waals surface area (Å²) in [5, 5.41) is 3.28. The molecule has 2 aliphatic heterocycles. The van der Waals surface area contributed by atoms with Gasteiger partial charge < -0.3 is 16.0 Å². The molecule has 2 heterocycles. The zero-order valence-corrected chi connectivity index (χ0v) is 9.76. The summed E-state index contributed by atoms with van der Waals surface area (Å²) in [6.45, 7) is 3.70. The Bertz CT molecular complexity index is 219. The zero-order chi connectivity index (χ0) is 9.97. The molecule has 1 amide bonds. The third-order valence-electron chi connectivity index (χ3n) is 3.20. The Balaban J connectivity index is 0.00000112. The summed E-state index contributed by atoms with van der Waals surface area (Å²) in [4.78, 5) is 13.7. The molecule has 0 bridgehead atoms. The van der Waals surface area contributed by atoms with Crippen molar-refractivity contribution in [3.05, 3.63) is 0 Å². The molecule has 2 fully saturated rings. The van der Waals surface area contributed by atoms with Gasteiger partial charge in [0.05, 0.1) is 0 Å². The number of amides is 1. The number of nitrogens with zero attached hydrogens (tertiary/aromatic N) is 1. The summed E-state index contributed by atoms with van der Waals surface area (Å²) >= 11 is 0. The lowest BCUT2D eigenvalue weighted by Gasteiger charge is -2.17. The first-order valence-corrected chi connectivity index (χ1v) is 5.50. The number of nitrogens with two attached hydrogens (primary N) is 1. The highest BCUT2D eigenvalue weighted by Gasteiger charge is 2.26. The van der Waals surface area contributed by atoms with E-state index in [-0.39, 0.29) is 18.4 Å². The van der Waals surface area contributed by atoms with E-state index >= 15 is 0 Å². The summed E-state index contributed by atoms with van der Waals surface area (Å²) in [7, 11) is 0. The minimum atomic E-state index is 0. The zero-order valence-electron chi connectivity index (χ0n) is 8.95. The maximum Gasteiger partial charge on any atom is 0.222 e. The van der Waals surface area contributed by atoms with Crippen LogP contribution in [-0.4, -0.2) is 43.0 Å². The quantitative estimate of drug-likeness (QED) is 0.704. The van der Waals surface area contributed by atoms with Crippen LogP contribution >= 0.6 is 12.4 Å². The summed E-state index contributed by atoms with van der Waals surface area (Å²) < 4.78 is 0. The Morgan fingerprint density at radius 3 is 2.80 bits per heavy atom. The van der Waals surface area contributed by atoms with E-state index in [0.29, 0.717) is 18.2 Å². The van der Waals surface area contributed by atoms with Crippen LogP contribution in [0.5, 0.6) is 0 Å². The van der Waals surface area contributed by atoms with Crippen LogP contribution in [0.25, 0.3) is 0 Å². The Labute approximate surface area is 97.0 Å². The number of likely N-dealkylation sites (tertiary alicyclic amines) is 1. The Morgan fingerprint density at radius 1 is 1.47 bits per heavy atom.